The van der Waals surface area contributed by atoms with Crippen LogP contribution in [0.25, 0.3) is 0 Å². The van der Waals surface area contributed by atoms with Gasteiger partial charge in [0.15, 0.2) is 0 Å². The van der Waals surface area contributed by atoms with E-state index >= 15 is 0 Å². The monoisotopic (exact) mass is 307 g/mol. The van der Waals surface area contributed by atoms with Crippen molar-refractivity contribution in [3.63, 3.8) is 0 Å². The Labute approximate surface area is 130 Å². The number of benzene rings is 1. The van der Waals surface area contributed by atoms with Crippen LogP contribution in [0.5, 0.6) is 0 Å². The van der Waals surface area contributed by atoms with E-state index in [2.05, 4.69) is 9.89 Å². The molecule has 0 bridgehead atoms. The van der Waals surface area contributed by atoms with Crippen LogP contribution in [0.1, 0.15) is 12.0 Å². The molecule has 1 aromatic carbocycles. The molecule has 22 heavy (non-hydrogen) atoms. The largest absolute Gasteiger partial charge is 0.466 e. The predicted molar refractivity (Wildman–Crippen MR) is 81.9 cm³/mol. The van der Waals surface area contributed by atoms with Gasteiger partial charge in [0.2, 0.25) is 0 Å². The van der Waals surface area contributed by atoms with Gasteiger partial charge >= 0.3 is 5.97 Å². The molecule has 120 valence electrons. The van der Waals surface area contributed by atoms with Gasteiger partial charge in [0, 0.05) is 6.08 Å². The van der Waals surface area contributed by atoms with Crippen LogP contribution >= 0.6 is 0 Å². The van der Waals surface area contributed by atoms with Crippen LogP contribution in [-0.4, -0.2) is 43.8 Å². The molecule has 0 aliphatic carbocycles. The quantitative estimate of drug-likeness (QED) is 0.236. The maximum Gasteiger partial charge on any atom is 0.330 e. The summed E-state index contributed by atoms with van der Waals surface area (Å²) in [6.07, 6.45) is 4.49. The summed E-state index contributed by atoms with van der Waals surface area (Å²) in [7, 11) is 1.32. The lowest BCUT2D eigenvalue weighted by atomic mass is 10.2. The second kappa shape index (κ2) is 11.5. The topological polar surface area (TPSA) is 77.4 Å². The van der Waals surface area contributed by atoms with E-state index in [0.717, 1.165) is 5.56 Å². The fourth-order valence-electron chi connectivity index (χ4n) is 1.66. The molecule has 0 radical (unpaired) electrons. The second-order valence-electron chi connectivity index (χ2n) is 4.42. The molecule has 6 nitrogen and oxygen atoms in total. The first kappa shape index (κ1) is 17.9. The van der Waals surface area contributed by atoms with Gasteiger partial charge in [-0.25, -0.2) is 4.79 Å². The lowest BCUT2D eigenvalue weighted by Crippen LogP contribution is -2.20. The van der Waals surface area contributed by atoms with Crippen LogP contribution in [0, 0.1) is 0 Å². The standard InChI is InChI=1S/C16H21NO5/c1-20-16(18)9-5-8-15(22-11-10-17-19)13-21-12-14-6-3-2-4-7-14/h2-7,9-10,15,19H,8,11-13H2,1H3/b9-5+,17-10-/t15-/m1/s1. The molecule has 0 amide bonds. The van der Waals surface area contributed by atoms with Gasteiger partial charge in [0.25, 0.3) is 0 Å². The summed E-state index contributed by atoms with van der Waals surface area (Å²) in [6, 6.07) is 9.80. The van der Waals surface area contributed by atoms with E-state index in [1.807, 2.05) is 30.3 Å². The maximum atomic E-state index is 11.0. The van der Waals surface area contributed by atoms with Crippen molar-refractivity contribution < 1.29 is 24.2 Å². The van der Waals surface area contributed by atoms with Crippen LogP contribution in [0.2, 0.25) is 0 Å². The van der Waals surface area contributed by atoms with E-state index < -0.39 is 5.97 Å². The molecule has 0 aliphatic rings. The number of oxime groups is 1. The molecule has 0 spiro atoms. The summed E-state index contributed by atoms with van der Waals surface area (Å²) in [5, 5.41) is 11.2. The predicted octanol–water partition coefficient (Wildman–Crippen LogP) is 2.17. The molecule has 0 unspecified atom stereocenters. The minimum Gasteiger partial charge on any atom is -0.466 e. The molecule has 1 aromatic rings. The Kier molecular flexibility index (Phi) is 9.32. The Morgan fingerprint density at radius 3 is 2.82 bits per heavy atom. The van der Waals surface area contributed by atoms with Gasteiger partial charge < -0.3 is 19.4 Å². The third kappa shape index (κ3) is 8.18. The zero-order valence-electron chi connectivity index (χ0n) is 12.6. The molecule has 0 aromatic heterocycles. The number of esters is 1. The van der Waals surface area contributed by atoms with E-state index in [4.69, 9.17) is 14.7 Å². The highest BCUT2D eigenvalue weighted by Gasteiger charge is 2.08. The maximum absolute atomic E-state index is 11.0. The molecule has 6 heteroatoms. The molecule has 0 fully saturated rings. The highest BCUT2D eigenvalue weighted by molar-refractivity contribution is 5.81. The lowest BCUT2D eigenvalue weighted by molar-refractivity contribution is -0.134. The first-order chi connectivity index (χ1) is 10.8. The normalized spacial score (nSPS) is 12.8. The molecular formula is C16H21NO5. The molecule has 0 aliphatic heterocycles. The number of carbonyl (C=O) groups is 1. The molecule has 1 rings (SSSR count). The Morgan fingerprint density at radius 1 is 1.36 bits per heavy atom. The van der Waals surface area contributed by atoms with Crippen molar-refractivity contribution in [2.75, 3.05) is 20.3 Å². The minimum atomic E-state index is -0.416. The smallest absolute Gasteiger partial charge is 0.330 e. The van der Waals surface area contributed by atoms with Crippen molar-refractivity contribution in [3.8, 4) is 0 Å². The summed E-state index contributed by atoms with van der Waals surface area (Å²) in [4.78, 5) is 11.0. The Morgan fingerprint density at radius 2 is 2.14 bits per heavy atom. The Hall–Kier alpha value is -2.18. The first-order valence-electron chi connectivity index (χ1n) is 6.90. The number of ether oxygens (including phenoxy) is 3. The van der Waals surface area contributed by atoms with Crippen molar-refractivity contribution in [2.24, 2.45) is 5.16 Å². The molecule has 1 atom stereocenters. The minimum absolute atomic E-state index is 0.169. The zero-order chi connectivity index (χ0) is 16.0. The summed E-state index contributed by atoms with van der Waals surface area (Å²) in [6.45, 7) is 1.01. The zero-order valence-corrected chi connectivity index (χ0v) is 12.6. The molecule has 0 saturated heterocycles. The average Bonchev–Trinajstić information content (AvgIpc) is 2.55. The van der Waals surface area contributed by atoms with E-state index in [1.54, 1.807) is 6.08 Å². The molecular weight excluding hydrogens is 286 g/mol. The second-order valence-corrected chi connectivity index (χ2v) is 4.42. The van der Waals surface area contributed by atoms with E-state index in [-0.39, 0.29) is 12.7 Å². The third-order valence-electron chi connectivity index (χ3n) is 2.76. The number of nitrogens with zero attached hydrogens (tertiary/aromatic N) is 1. The summed E-state index contributed by atoms with van der Waals surface area (Å²) in [5.41, 5.74) is 1.07. The van der Waals surface area contributed by atoms with Crippen LogP contribution in [0.3, 0.4) is 0 Å². The van der Waals surface area contributed by atoms with Crippen LogP contribution in [0.15, 0.2) is 47.6 Å². The Balaban J connectivity index is 2.39. The van der Waals surface area contributed by atoms with E-state index in [9.17, 15) is 4.79 Å². The van der Waals surface area contributed by atoms with Crippen LogP contribution in [-0.2, 0) is 25.6 Å². The van der Waals surface area contributed by atoms with Gasteiger partial charge in [0.1, 0.15) is 0 Å². The van der Waals surface area contributed by atoms with Crippen molar-refractivity contribution in [2.45, 2.75) is 19.1 Å². The summed E-state index contributed by atoms with van der Waals surface area (Å²) < 4.78 is 15.6. The number of methoxy groups -OCH3 is 1. The lowest BCUT2D eigenvalue weighted by Gasteiger charge is -2.15. The van der Waals surface area contributed by atoms with Crippen LogP contribution < -0.4 is 0 Å². The number of hydrogen-bond acceptors (Lipinski definition) is 6. The van der Waals surface area contributed by atoms with Crippen molar-refractivity contribution >= 4 is 12.2 Å². The molecule has 0 saturated carbocycles. The highest BCUT2D eigenvalue weighted by atomic mass is 16.5. The van der Waals surface area contributed by atoms with E-state index in [1.165, 1.54) is 19.4 Å². The van der Waals surface area contributed by atoms with Gasteiger partial charge in [-0.1, -0.05) is 41.6 Å². The highest BCUT2D eigenvalue weighted by Crippen LogP contribution is 2.05. The van der Waals surface area contributed by atoms with Crippen molar-refractivity contribution in [3.05, 3.63) is 48.0 Å². The van der Waals surface area contributed by atoms with Crippen LogP contribution in [0.4, 0.5) is 0 Å². The number of rotatable bonds is 10. The van der Waals surface area contributed by atoms with Gasteiger partial charge in [0.05, 0.1) is 39.2 Å². The summed E-state index contributed by atoms with van der Waals surface area (Å²) >= 11 is 0. The SMILES string of the molecule is COC(=O)/C=C/C[C@H](COCc1ccccc1)OC/C=N\O. The summed E-state index contributed by atoms with van der Waals surface area (Å²) in [5.74, 6) is -0.416. The average molecular weight is 307 g/mol. The number of carbonyl (C=O) groups excluding carboxylic acids is 1. The number of hydrogen-bond donors (Lipinski definition) is 1. The van der Waals surface area contributed by atoms with Crippen molar-refractivity contribution in [1.82, 2.24) is 0 Å². The first-order valence-corrected chi connectivity index (χ1v) is 6.90. The fraction of sp³-hybridized carbons (Fsp3) is 0.375. The third-order valence-corrected chi connectivity index (χ3v) is 2.76. The van der Waals surface area contributed by atoms with Gasteiger partial charge in [-0.2, -0.15) is 0 Å². The van der Waals surface area contributed by atoms with Crippen molar-refractivity contribution in [1.29, 1.82) is 0 Å². The van der Waals surface area contributed by atoms with Gasteiger partial charge in [-0.05, 0) is 12.0 Å². The van der Waals surface area contributed by atoms with Gasteiger partial charge in [-0.3, -0.25) is 0 Å². The van der Waals surface area contributed by atoms with Gasteiger partial charge in [-0.15, -0.1) is 0 Å². The Bertz CT molecular complexity index is 473. The molecule has 0 heterocycles. The molecule has 1 N–H and O–H groups in total. The van der Waals surface area contributed by atoms with E-state index in [0.29, 0.717) is 19.6 Å². The fourth-order valence-corrected chi connectivity index (χ4v) is 1.66.